The molecule has 0 unspecified atom stereocenters. The third kappa shape index (κ3) is 4.13. The van der Waals surface area contributed by atoms with Gasteiger partial charge >= 0.3 is 0 Å². The van der Waals surface area contributed by atoms with E-state index >= 15 is 0 Å². The van der Waals surface area contributed by atoms with Gasteiger partial charge in [0.2, 0.25) is 0 Å². The van der Waals surface area contributed by atoms with E-state index in [1.165, 1.54) is 12.4 Å². The SMILES string of the molecule is O=C(c1ccncc1)N1CC[C@@H](O)[C@@H](O)[C@H](N2CCC(F)(F)CC2)C1. The van der Waals surface area contributed by atoms with E-state index in [0.29, 0.717) is 12.1 Å². The van der Waals surface area contributed by atoms with Crippen LogP contribution in [0.25, 0.3) is 0 Å². The molecule has 3 rings (SSSR count). The normalized spacial score (nSPS) is 30.7. The molecule has 138 valence electrons. The van der Waals surface area contributed by atoms with Crippen LogP contribution >= 0.6 is 0 Å². The van der Waals surface area contributed by atoms with Gasteiger partial charge in [-0.05, 0) is 18.6 Å². The Kier molecular flexibility index (Phi) is 5.31. The molecule has 2 aliphatic heterocycles. The molecule has 2 N–H and O–H groups in total. The lowest BCUT2D eigenvalue weighted by atomic mass is 9.99. The predicted molar refractivity (Wildman–Crippen MR) is 86.3 cm³/mol. The fourth-order valence-corrected chi connectivity index (χ4v) is 3.52. The number of amides is 1. The molecule has 1 amide bonds. The maximum atomic E-state index is 13.4. The lowest BCUT2D eigenvalue weighted by Crippen LogP contribution is -2.55. The Morgan fingerprint density at radius 3 is 2.44 bits per heavy atom. The van der Waals surface area contributed by atoms with E-state index in [0.717, 1.165) is 0 Å². The Hall–Kier alpha value is -1.64. The third-order valence-electron chi connectivity index (χ3n) is 5.10. The Labute approximate surface area is 145 Å². The van der Waals surface area contributed by atoms with E-state index in [4.69, 9.17) is 0 Å². The Morgan fingerprint density at radius 2 is 1.80 bits per heavy atom. The van der Waals surface area contributed by atoms with Crippen LogP contribution in [0.1, 0.15) is 29.6 Å². The molecule has 25 heavy (non-hydrogen) atoms. The summed E-state index contributed by atoms with van der Waals surface area (Å²) < 4.78 is 26.8. The fraction of sp³-hybridized carbons (Fsp3) is 0.647. The number of halogens is 2. The second-order valence-corrected chi connectivity index (χ2v) is 6.79. The third-order valence-corrected chi connectivity index (χ3v) is 5.10. The number of aromatic nitrogens is 1. The Balaban J connectivity index is 1.76. The number of nitrogens with zero attached hydrogens (tertiary/aromatic N) is 3. The number of hydrogen-bond acceptors (Lipinski definition) is 5. The summed E-state index contributed by atoms with van der Waals surface area (Å²) in [5, 5.41) is 20.6. The molecule has 1 aromatic rings. The lowest BCUT2D eigenvalue weighted by Gasteiger charge is -2.40. The number of rotatable bonds is 2. The number of piperidine rings is 1. The molecule has 6 nitrogen and oxygen atoms in total. The van der Waals surface area contributed by atoms with Gasteiger partial charge in [0.15, 0.2) is 0 Å². The van der Waals surface area contributed by atoms with Crippen molar-refractivity contribution in [2.45, 2.75) is 43.4 Å². The van der Waals surface area contributed by atoms with Gasteiger partial charge in [0.1, 0.15) is 0 Å². The summed E-state index contributed by atoms with van der Waals surface area (Å²) in [7, 11) is 0. The van der Waals surface area contributed by atoms with Gasteiger partial charge in [-0.25, -0.2) is 8.78 Å². The van der Waals surface area contributed by atoms with Crippen molar-refractivity contribution in [3.63, 3.8) is 0 Å². The van der Waals surface area contributed by atoms with E-state index in [9.17, 15) is 23.8 Å². The van der Waals surface area contributed by atoms with Crippen LogP contribution in [-0.2, 0) is 0 Å². The standard InChI is InChI=1S/C17H23F2N3O3/c18-17(19)4-9-21(10-5-17)13-11-22(8-3-14(23)15(13)24)16(25)12-1-6-20-7-2-12/h1-2,6-7,13-15,23-24H,3-5,8-11H2/t13-,14-,15+/m1/s1. The molecule has 3 heterocycles. The highest BCUT2D eigenvalue weighted by atomic mass is 19.3. The molecule has 0 aromatic carbocycles. The number of pyridine rings is 1. The molecular weight excluding hydrogens is 332 g/mol. The van der Waals surface area contributed by atoms with Crippen molar-refractivity contribution in [1.29, 1.82) is 0 Å². The summed E-state index contributed by atoms with van der Waals surface area (Å²) in [5.41, 5.74) is 0.477. The number of hydrogen-bond donors (Lipinski definition) is 2. The quantitative estimate of drug-likeness (QED) is 0.819. The molecule has 0 saturated carbocycles. The minimum Gasteiger partial charge on any atom is -0.390 e. The smallest absolute Gasteiger partial charge is 0.254 e. The predicted octanol–water partition coefficient (Wildman–Crippen LogP) is 0.749. The minimum atomic E-state index is -2.68. The minimum absolute atomic E-state index is 0.138. The zero-order valence-corrected chi connectivity index (χ0v) is 13.9. The second kappa shape index (κ2) is 7.31. The van der Waals surface area contributed by atoms with Crippen molar-refractivity contribution in [2.75, 3.05) is 26.2 Å². The van der Waals surface area contributed by atoms with Crippen LogP contribution in [0.2, 0.25) is 0 Å². The van der Waals surface area contributed by atoms with E-state index in [1.807, 2.05) is 0 Å². The summed E-state index contributed by atoms with van der Waals surface area (Å²) in [6.45, 7) is 0.780. The van der Waals surface area contributed by atoms with Crippen LogP contribution in [0.4, 0.5) is 8.78 Å². The first-order valence-corrected chi connectivity index (χ1v) is 8.55. The van der Waals surface area contributed by atoms with Crippen molar-refractivity contribution >= 4 is 5.91 Å². The van der Waals surface area contributed by atoms with Crippen LogP contribution < -0.4 is 0 Å². The lowest BCUT2D eigenvalue weighted by molar-refractivity contribution is -0.0892. The van der Waals surface area contributed by atoms with Crippen LogP contribution in [0.3, 0.4) is 0 Å². The number of aliphatic hydroxyl groups is 2. The summed E-state index contributed by atoms with van der Waals surface area (Å²) in [6.07, 6.45) is 0.704. The number of carbonyl (C=O) groups excluding carboxylic acids is 1. The Morgan fingerprint density at radius 1 is 1.16 bits per heavy atom. The maximum absolute atomic E-state index is 13.4. The molecule has 1 aromatic heterocycles. The van der Waals surface area contributed by atoms with Gasteiger partial charge in [-0.15, -0.1) is 0 Å². The van der Waals surface area contributed by atoms with Gasteiger partial charge in [0.25, 0.3) is 11.8 Å². The van der Waals surface area contributed by atoms with Gasteiger partial charge in [-0.2, -0.15) is 0 Å². The van der Waals surface area contributed by atoms with Gasteiger partial charge in [-0.1, -0.05) is 0 Å². The summed E-state index contributed by atoms with van der Waals surface area (Å²) in [6, 6.07) is 2.66. The van der Waals surface area contributed by atoms with E-state index in [2.05, 4.69) is 4.98 Å². The molecule has 2 saturated heterocycles. The first-order valence-electron chi connectivity index (χ1n) is 8.55. The molecule has 0 spiro atoms. The monoisotopic (exact) mass is 355 g/mol. The molecule has 0 bridgehead atoms. The van der Waals surface area contributed by atoms with Crippen molar-refractivity contribution in [1.82, 2.24) is 14.8 Å². The maximum Gasteiger partial charge on any atom is 0.254 e. The van der Waals surface area contributed by atoms with Crippen molar-refractivity contribution in [2.24, 2.45) is 0 Å². The zero-order chi connectivity index (χ0) is 18.0. The first-order chi connectivity index (χ1) is 11.9. The highest BCUT2D eigenvalue weighted by Crippen LogP contribution is 2.30. The first kappa shape index (κ1) is 18.2. The van der Waals surface area contributed by atoms with Crippen LogP contribution in [0.5, 0.6) is 0 Å². The van der Waals surface area contributed by atoms with Gasteiger partial charge in [0, 0.05) is 57.0 Å². The average Bonchev–Trinajstić information content (AvgIpc) is 2.75. The number of carbonyl (C=O) groups is 1. The number of aliphatic hydroxyl groups excluding tert-OH is 2. The molecule has 8 heteroatoms. The zero-order valence-electron chi connectivity index (χ0n) is 13.9. The molecule has 2 aliphatic rings. The molecule has 0 radical (unpaired) electrons. The number of likely N-dealkylation sites (tertiary alicyclic amines) is 2. The van der Waals surface area contributed by atoms with Crippen LogP contribution in [-0.4, -0.2) is 81.3 Å². The summed E-state index contributed by atoms with van der Waals surface area (Å²) in [4.78, 5) is 19.9. The summed E-state index contributed by atoms with van der Waals surface area (Å²) >= 11 is 0. The van der Waals surface area contributed by atoms with Gasteiger partial charge in [0.05, 0.1) is 18.2 Å². The Bertz CT molecular complexity index is 592. The van der Waals surface area contributed by atoms with Crippen molar-refractivity contribution in [3.05, 3.63) is 30.1 Å². The fourth-order valence-electron chi connectivity index (χ4n) is 3.52. The van der Waals surface area contributed by atoms with Gasteiger partial charge < -0.3 is 15.1 Å². The van der Waals surface area contributed by atoms with Gasteiger partial charge in [-0.3, -0.25) is 14.7 Å². The van der Waals surface area contributed by atoms with Crippen LogP contribution in [0, 0.1) is 0 Å². The van der Waals surface area contributed by atoms with E-state index < -0.39 is 24.2 Å². The summed E-state index contributed by atoms with van der Waals surface area (Å²) in [5.74, 6) is -2.90. The topological polar surface area (TPSA) is 76.9 Å². The van der Waals surface area contributed by atoms with E-state index in [-0.39, 0.29) is 44.8 Å². The van der Waals surface area contributed by atoms with Crippen molar-refractivity contribution < 1.29 is 23.8 Å². The largest absolute Gasteiger partial charge is 0.390 e. The molecule has 0 aliphatic carbocycles. The van der Waals surface area contributed by atoms with Crippen molar-refractivity contribution in [3.8, 4) is 0 Å². The van der Waals surface area contributed by atoms with Crippen LogP contribution in [0.15, 0.2) is 24.5 Å². The second-order valence-electron chi connectivity index (χ2n) is 6.79. The average molecular weight is 355 g/mol. The molecule has 2 fully saturated rings. The van der Waals surface area contributed by atoms with E-state index in [1.54, 1.807) is 21.9 Å². The number of alkyl halides is 2. The molecular formula is C17H23F2N3O3. The highest BCUT2D eigenvalue weighted by molar-refractivity contribution is 5.94. The molecule has 3 atom stereocenters. The highest BCUT2D eigenvalue weighted by Gasteiger charge is 2.41.